The number of rotatable bonds is 9. The van der Waals surface area contributed by atoms with Gasteiger partial charge in [0.2, 0.25) is 5.91 Å². The smallest absolute Gasteiger partial charge is 0.387 e. The number of alkyl halides is 2. The van der Waals surface area contributed by atoms with Crippen LogP contribution in [0.15, 0.2) is 51.7 Å². The molecule has 0 bridgehead atoms. The molecule has 9 heteroatoms. The van der Waals surface area contributed by atoms with Crippen LogP contribution in [-0.2, 0) is 17.9 Å². The van der Waals surface area contributed by atoms with Crippen molar-refractivity contribution >= 4 is 22.6 Å². The maximum atomic E-state index is 12.6. The Bertz CT molecular complexity index is 1160. The van der Waals surface area contributed by atoms with Gasteiger partial charge in [-0.2, -0.15) is 8.78 Å². The normalized spacial score (nSPS) is 11.2. The van der Waals surface area contributed by atoms with Crippen molar-refractivity contribution in [1.82, 2.24) is 4.90 Å². The lowest BCUT2D eigenvalue weighted by molar-refractivity contribution is -0.114. The molecule has 1 heterocycles. The monoisotopic (exact) mass is 446 g/mol. The summed E-state index contributed by atoms with van der Waals surface area (Å²) < 4.78 is 40.4. The molecule has 2 aromatic carbocycles. The predicted molar refractivity (Wildman–Crippen MR) is 116 cm³/mol. The molecule has 1 aromatic heterocycles. The minimum absolute atomic E-state index is 0.0186. The van der Waals surface area contributed by atoms with Gasteiger partial charge in [0.1, 0.15) is 5.58 Å². The second kappa shape index (κ2) is 10.2. The molecule has 0 saturated heterocycles. The number of nitrogens with zero attached hydrogens (tertiary/aromatic N) is 1. The number of nitrogens with one attached hydrogen (secondary N) is 1. The fraction of sp³-hybridized carbons (Fsp3) is 0.304. The predicted octanol–water partition coefficient (Wildman–Crippen LogP) is 4.38. The van der Waals surface area contributed by atoms with Crippen LogP contribution in [0.2, 0.25) is 0 Å². The van der Waals surface area contributed by atoms with E-state index in [0.29, 0.717) is 31.0 Å². The van der Waals surface area contributed by atoms with Gasteiger partial charge in [-0.1, -0.05) is 6.07 Å². The lowest BCUT2D eigenvalue weighted by Crippen LogP contribution is -2.18. The second-order valence-corrected chi connectivity index (χ2v) is 7.25. The van der Waals surface area contributed by atoms with Crippen LogP contribution in [0, 0.1) is 0 Å². The molecule has 1 amide bonds. The highest BCUT2D eigenvalue weighted by atomic mass is 19.3. The quantitative estimate of drug-likeness (QED) is 0.491. The molecule has 3 aromatic rings. The maximum absolute atomic E-state index is 12.6. The molecule has 0 fully saturated rings. The molecule has 0 radical (unpaired) electrons. The van der Waals surface area contributed by atoms with Gasteiger partial charge in [-0.05, 0) is 49.4 Å². The van der Waals surface area contributed by atoms with Gasteiger partial charge in [0.25, 0.3) is 0 Å². The number of benzene rings is 2. The van der Waals surface area contributed by atoms with E-state index >= 15 is 0 Å². The average molecular weight is 446 g/mol. The van der Waals surface area contributed by atoms with Crippen molar-refractivity contribution in [2.24, 2.45) is 0 Å². The van der Waals surface area contributed by atoms with E-state index in [9.17, 15) is 18.4 Å². The first-order chi connectivity index (χ1) is 15.2. The molecule has 0 aliphatic carbocycles. The Hall–Kier alpha value is -3.46. The molecule has 0 unspecified atom stereocenters. The minimum Gasteiger partial charge on any atom is -0.490 e. The number of hydrogen-bond donors (Lipinski definition) is 1. The van der Waals surface area contributed by atoms with Crippen molar-refractivity contribution in [1.29, 1.82) is 0 Å². The molecule has 7 nitrogen and oxygen atoms in total. The van der Waals surface area contributed by atoms with E-state index in [0.717, 1.165) is 16.5 Å². The molecule has 3 rings (SSSR count). The first kappa shape index (κ1) is 23.2. The Morgan fingerprint density at radius 2 is 1.91 bits per heavy atom. The Balaban J connectivity index is 1.81. The zero-order valence-corrected chi connectivity index (χ0v) is 18.0. The molecule has 0 aliphatic rings. The van der Waals surface area contributed by atoms with Crippen LogP contribution in [0.3, 0.4) is 0 Å². The molecule has 32 heavy (non-hydrogen) atoms. The summed E-state index contributed by atoms with van der Waals surface area (Å²) in [5, 5.41) is 3.41. The number of ether oxygens (including phenoxy) is 2. The van der Waals surface area contributed by atoms with Gasteiger partial charge in [-0.25, -0.2) is 4.79 Å². The Morgan fingerprint density at radius 3 is 2.59 bits per heavy atom. The molecule has 0 aliphatic heterocycles. The largest absolute Gasteiger partial charge is 0.490 e. The third-order valence-corrected chi connectivity index (χ3v) is 4.57. The summed E-state index contributed by atoms with van der Waals surface area (Å²) in [5.41, 5.74) is 2.01. The van der Waals surface area contributed by atoms with Gasteiger partial charge in [0.05, 0.1) is 6.61 Å². The average Bonchev–Trinajstić information content (AvgIpc) is 2.69. The maximum Gasteiger partial charge on any atom is 0.387 e. The molecule has 0 spiro atoms. The number of halogens is 2. The van der Waals surface area contributed by atoms with E-state index in [4.69, 9.17) is 9.15 Å². The van der Waals surface area contributed by atoms with Crippen LogP contribution < -0.4 is 20.4 Å². The van der Waals surface area contributed by atoms with Crippen LogP contribution in [0.25, 0.3) is 11.0 Å². The number of hydrogen-bond acceptors (Lipinski definition) is 6. The van der Waals surface area contributed by atoms with Gasteiger partial charge in [0, 0.05) is 43.2 Å². The van der Waals surface area contributed by atoms with Crippen molar-refractivity contribution < 1.29 is 27.5 Å². The van der Waals surface area contributed by atoms with Crippen LogP contribution in [0.1, 0.15) is 25.0 Å². The topological polar surface area (TPSA) is 81.0 Å². The summed E-state index contributed by atoms with van der Waals surface area (Å²) in [7, 11) is 1.87. The summed E-state index contributed by atoms with van der Waals surface area (Å²) in [6.45, 7) is 1.43. The lowest BCUT2D eigenvalue weighted by Gasteiger charge is -2.19. The fourth-order valence-corrected chi connectivity index (χ4v) is 3.41. The highest BCUT2D eigenvalue weighted by Crippen LogP contribution is 2.30. The number of carbonyl (C=O) groups excluding carboxylic acids is 1. The van der Waals surface area contributed by atoms with E-state index in [-0.39, 0.29) is 17.4 Å². The van der Waals surface area contributed by atoms with Crippen LogP contribution >= 0.6 is 0 Å². The van der Waals surface area contributed by atoms with Crippen molar-refractivity contribution in [2.45, 2.75) is 33.5 Å². The van der Waals surface area contributed by atoms with E-state index in [1.165, 1.54) is 19.1 Å². The lowest BCUT2D eigenvalue weighted by atomic mass is 10.1. The van der Waals surface area contributed by atoms with Crippen LogP contribution in [0.5, 0.6) is 11.5 Å². The molecular weight excluding hydrogens is 422 g/mol. The van der Waals surface area contributed by atoms with Crippen molar-refractivity contribution in [3.63, 3.8) is 0 Å². The van der Waals surface area contributed by atoms with Crippen molar-refractivity contribution in [3.8, 4) is 11.5 Å². The van der Waals surface area contributed by atoms with Gasteiger partial charge in [-0.3, -0.25) is 9.69 Å². The standard InChI is InChI=1S/C23H24F2N2O5/c1-4-30-21-9-15(5-8-19(21)32-23(24)25)12-27(3)13-16-10-22(29)31-20-11-17(26-14(2)28)6-7-18(16)20/h5-11,23H,4,12-13H2,1-3H3,(H,26,28). The van der Waals surface area contributed by atoms with E-state index in [2.05, 4.69) is 10.1 Å². The first-order valence-electron chi connectivity index (χ1n) is 9.98. The minimum atomic E-state index is -2.94. The molecular formula is C23H24F2N2O5. The summed E-state index contributed by atoms with van der Waals surface area (Å²) in [5.74, 6) is 0.00358. The summed E-state index contributed by atoms with van der Waals surface area (Å²) >= 11 is 0. The van der Waals surface area contributed by atoms with E-state index in [1.807, 2.05) is 11.9 Å². The second-order valence-electron chi connectivity index (χ2n) is 7.25. The summed E-state index contributed by atoms with van der Waals surface area (Å²) in [6, 6.07) is 11.4. The molecule has 170 valence electrons. The van der Waals surface area contributed by atoms with E-state index in [1.54, 1.807) is 37.3 Å². The van der Waals surface area contributed by atoms with Crippen LogP contribution in [-0.4, -0.2) is 31.1 Å². The van der Waals surface area contributed by atoms with Crippen molar-refractivity contribution in [2.75, 3.05) is 19.0 Å². The highest BCUT2D eigenvalue weighted by molar-refractivity contribution is 5.92. The molecule has 0 atom stereocenters. The van der Waals surface area contributed by atoms with Crippen LogP contribution in [0.4, 0.5) is 14.5 Å². The van der Waals surface area contributed by atoms with E-state index < -0.39 is 12.2 Å². The Labute approximate surface area is 183 Å². The summed E-state index contributed by atoms with van der Waals surface area (Å²) in [4.78, 5) is 25.3. The zero-order valence-electron chi connectivity index (χ0n) is 18.0. The highest BCUT2D eigenvalue weighted by Gasteiger charge is 2.14. The Kier molecular flexibility index (Phi) is 7.42. The number of fused-ring (bicyclic) bond motifs is 1. The fourth-order valence-electron chi connectivity index (χ4n) is 3.41. The SMILES string of the molecule is CCOc1cc(CN(C)Cc2cc(=O)oc3cc(NC(C)=O)ccc23)ccc1OC(F)F. The molecule has 1 N–H and O–H groups in total. The van der Waals surface area contributed by atoms with Gasteiger partial charge < -0.3 is 19.2 Å². The summed E-state index contributed by atoms with van der Waals surface area (Å²) in [6.07, 6.45) is 0. The van der Waals surface area contributed by atoms with Crippen molar-refractivity contribution in [3.05, 3.63) is 64.0 Å². The Morgan fingerprint density at radius 1 is 1.12 bits per heavy atom. The van der Waals surface area contributed by atoms with Gasteiger partial charge in [-0.15, -0.1) is 0 Å². The number of carbonyl (C=O) groups is 1. The zero-order chi connectivity index (χ0) is 23.3. The third-order valence-electron chi connectivity index (χ3n) is 4.57. The first-order valence-corrected chi connectivity index (χ1v) is 9.98. The van der Waals surface area contributed by atoms with Gasteiger partial charge in [0.15, 0.2) is 11.5 Å². The number of amides is 1. The third kappa shape index (κ3) is 6.04. The van der Waals surface area contributed by atoms with Gasteiger partial charge >= 0.3 is 12.2 Å². The number of anilines is 1. The molecule has 0 saturated carbocycles.